The van der Waals surface area contributed by atoms with Gasteiger partial charge in [0.1, 0.15) is 0 Å². The molecule has 2 aromatic carbocycles. The third kappa shape index (κ3) is 3.21. The van der Waals surface area contributed by atoms with Gasteiger partial charge in [-0.05, 0) is 18.6 Å². The van der Waals surface area contributed by atoms with Crippen molar-refractivity contribution in [2.24, 2.45) is 0 Å². The number of amides is 1. The highest BCUT2D eigenvalue weighted by molar-refractivity contribution is 6.05. The predicted molar refractivity (Wildman–Crippen MR) is 90.8 cm³/mol. The maximum absolute atomic E-state index is 11.9. The molecule has 0 saturated heterocycles. The van der Waals surface area contributed by atoms with Crippen LogP contribution in [0, 0.1) is 0 Å². The Labute approximate surface area is 134 Å². The fourth-order valence-electron chi connectivity index (χ4n) is 2.25. The van der Waals surface area contributed by atoms with Gasteiger partial charge in [-0.3, -0.25) is 4.79 Å². The van der Waals surface area contributed by atoms with Gasteiger partial charge in [0.15, 0.2) is 12.2 Å². The monoisotopic (exact) mass is 304 g/mol. The van der Waals surface area contributed by atoms with Gasteiger partial charge < -0.3 is 9.73 Å². The van der Waals surface area contributed by atoms with E-state index in [-0.39, 0.29) is 5.91 Å². The van der Waals surface area contributed by atoms with Crippen molar-refractivity contribution in [3.05, 3.63) is 73.3 Å². The standard InChI is InChI=1S/C19H16N2O2/c1-13(2)19(22)21-17-6-4-3-5-16(17)14-7-9-15(10-8-14)18-11-20-12-23-18/h3-12H,1H2,2H3,(H,21,22). The van der Waals surface area contributed by atoms with Crippen molar-refractivity contribution in [3.8, 4) is 22.5 Å². The molecule has 0 aliphatic rings. The number of anilines is 1. The van der Waals surface area contributed by atoms with E-state index in [0.29, 0.717) is 5.57 Å². The third-order valence-electron chi connectivity index (χ3n) is 3.48. The van der Waals surface area contributed by atoms with Crippen molar-refractivity contribution in [1.82, 2.24) is 4.98 Å². The first-order valence-electron chi connectivity index (χ1n) is 7.20. The number of benzene rings is 2. The zero-order chi connectivity index (χ0) is 16.2. The number of carbonyl (C=O) groups is 1. The van der Waals surface area contributed by atoms with Crippen molar-refractivity contribution in [2.75, 3.05) is 5.32 Å². The normalized spacial score (nSPS) is 10.3. The lowest BCUT2D eigenvalue weighted by Gasteiger charge is -2.11. The molecular formula is C19H16N2O2. The van der Waals surface area contributed by atoms with E-state index in [1.165, 1.54) is 6.39 Å². The topological polar surface area (TPSA) is 55.1 Å². The van der Waals surface area contributed by atoms with E-state index >= 15 is 0 Å². The molecule has 23 heavy (non-hydrogen) atoms. The Kier molecular flexibility index (Phi) is 4.06. The zero-order valence-electron chi connectivity index (χ0n) is 12.7. The Balaban J connectivity index is 1.93. The molecule has 3 aromatic rings. The molecule has 0 aliphatic carbocycles. The Hall–Kier alpha value is -3.14. The fourth-order valence-corrected chi connectivity index (χ4v) is 2.25. The van der Waals surface area contributed by atoms with Gasteiger partial charge in [0.05, 0.1) is 6.20 Å². The first kappa shape index (κ1) is 14.8. The van der Waals surface area contributed by atoms with Crippen LogP contribution in [0.25, 0.3) is 22.5 Å². The summed E-state index contributed by atoms with van der Waals surface area (Å²) in [5, 5.41) is 2.88. The summed E-state index contributed by atoms with van der Waals surface area (Å²) in [7, 11) is 0. The average Bonchev–Trinajstić information content (AvgIpc) is 3.10. The van der Waals surface area contributed by atoms with Gasteiger partial charge in [-0.15, -0.1) is 0 Å². The lowest BCUT2D eigenvalue weighted by Crippen LogP contribution is -2.12. The Morgan fingerprint density at radius 3 is 2.43 bits per heavy atom. The Morgan fingerprint density at radius 2 is 1.78 bits per heavy atom. The van der Waals surface area contributed by atoms with Gasteiger partial charge in [0.25, 0.3) is 5.91 Å². The summed E-state index contributed by atoms with van der Waals surface area (Å²) in [4.78, 5) is 15.8. The molecular weight excluding hydrogens is 288 g/mol. The van der Waals surface area contributed by atoms with E-state index < -0.39 is 0 Å². The SMILES string of the molecule is C=C(C)C(=O)Nc1ccccc1-c1ccc(-c2cnco2)cc1. The lowest BCUT2D eigenvalue weighted by molar-refractivity contribution is -0.112. The minimum absolute atomic E-state index is 0.185. The number of para-hydroxylation sites is 1. The molecule has 4 nitrogen and oxygen atoms in total. The van der Waals surface area contributed by atoms with E-state index in [1.54, 1.807) is 13.1 Å². The van der Waals surface area contributed by atoms with Gasteiger partial charge in [-0.1, -0.05) is 49.0 Å². The van der Waals surface area contributed by atoms with E-state index in [4.69, 9.17) is 4.42 Å². The van der Waals surface area contributed by atoms with Crippen LogP contribution in [0.15, 0.2) is 77.7 Å². The van der Waals surface area contributed by atoms with Gasteiger partial charge in [-0.25, -0.2) is 4.98 Å². The third-order valence-corrected chi connectivity index (χ3v) is 3.48. The van der Waals surface area contributed by atoms with Crippen molar-refractivity contribution in [1.29, 1.82) is 0 Å². The van der Waals surface area contributed by atoms with Crippen LogP contribution < -0.4 is 5.32 Å². The number of nitrogens with zero attached hydrogens (tertiary/aromatic N) is 1. The van der Waals surface area contributed by atoms with Gasteiger partial charge in [0.2, 0.25) is 0 Å². The molecule has 1 aromatic heterocycles. The van der Waals surface area contributed by atoms with E-state index in [9.17, 15) is 4.79 Å². The van der Waals surface area contributed by atoms with Crippen molar-refractivity contribution in [3.63, 3.8) is 0 Å². The van der Waals surface area contributed by atoms with Gasteiger partial charge in [-0.2, -0.15) is 0 Å². The second-order valence-electron chi connectivity index (χ2n) is 5.22. The fraction of sp³-hybridized carbons (Fsp3) is 0.0526. The molecule has 0 aliphatic heterocycles. The molecule has 114 valence electrons. The van der Waals surface area contributed by atoms with E-state index in [2.05, 4.69) is 16.9 Å². The molecule has 1 heterocycles. The highest BCUT2D eigenvalue weighted by Gasteiger charge is 2.09. The molecule has 3 rings (SSSR count). The molecule has 0 fully saturated rings. The summed E-state index contributed by atoms with van der Waals surface area (Å²) in [6, 6.07) is 15.6. The summed E-state index contributed by atoms with van der Waals surface area (Å²) in [6.45, 7) is 5.35. The summed E-state index contributed by atoms with van der Waals surface area (Å²) in [5.41, 5.74) is 4.14. The first-order valence-corrected chi connectivity index (χ1v) is 7.20. The Morgan fingerprint density at radius 1 is 1.09 bits per heavy atom. The van der Waals surface area contributed by atoms with Crippen molar-refractivity contribution in [2.45, 2.75) is 6.92 Å². The highest BCUT2D eigenvalue weighted by atomic mass is 16.3. The van der Waals surface area contributed by atoms with Crippen LogP contribution in [0.5, 0.6) is 0 Å². The Bertz CT molecular complexity index is 834. The summed E-state index contributed by atoms with van der Waals surface area (Å²) in [5.74, 6) is 0.538. The quantitative estimate of drug-likeness (QED) is 0.721. The molecule has 0 unspecified atom stereocenters. The number of hydrogen-bond acceptors (Lipinski definition) is 3. The highest BCUT2D eigenvalue weighted by Crippen LogP contribution is 2.30. The van der Waals surface area contributed by atoms with Gasteiger partial charge >= 0.3 is 0 Å². The first-order chi connectivity index (χ1) is 11.1. The number of aromatic nitrogens is 1. The zero-order valence-corrected chi connectivity index (χ0v) is 12.7. The maximum atomic E-state index is 11.9. The van der Waals surface area contributed by atoms with Gasteiger partial charge in [0, 0.05) is 22.4 Å². The van der Waals surface area contributed by atoms with Crippen LogP contribution >= 0.6 is 0 Å². The second kappa shape index (κ2) is 6.32. The van der Waals surface area contributed by atoms with E-state index in [1.807, 2.05) is 48.5 Å². The average molecular weight is 304 g/mol. The van der Waals surface area contributed by atoms with Crippen LogP contribution in [0.2, 0.25) is 0 Å². The molecule has 0 atom stereocenters. The predicted octanol–water partition coefficient (Wildman–Crippen LogP) is 4.52. The number of nitrogens with one attached hydrogen (secondary N) is 1. The van der Waals surface area contributed by atoms with Crippen molar-refractivity contribution >= 4 is 11.6 Å². The van der Waals surface area contributed by atoms with Crippen LogP contribution in [0.4, 0.5) is 5.69 Å². The van der Waals surface area contributed by atoms with Crippen LogP contribution in [0.1, 0.15) is 6.92 Å². The molecule has 1 amide bonds. The summed E-state index contributed by atoms with van der Waals surface area (Å²) >= 11 is 0. The minimum atomic E-state index is -0.185. The largest absolute Gasteiger partial charge is 0.444 e. The second-order valence-corrected chi connectivity index (χ2v) is 5.22. The van der Waals surface area contributed by atoms with Crippen LogP contribution in [0.3, 0.4) is 0 Å². The molecule has 0 saturated carbocycles. The molecule has 0 radical (unpaired) electrons. The van der Waals surface area contributed by atoms with E-state index in [0.717, 1.165) is 28.1 Å². The molecule has 0 spiro atoms. The smallest absolute Gasteiger partial charge is 0.250 e. The minimum Gasteiger partial charge on any atom is -0.444 e. The molecule has 4 heteroatoms. The molecule has 1 N–H and O–H groups in total. The van der Waals surface area contributed by atoms with Crippen LogP contribution in [-0.4, -0.2) is 10.9 Å². The maximum Gasteiger partial charge on any atom is 0.250 e. The number of oxazole rings is 1. The number of hydrogen-bond donors (Lipinski definition) is 1. The summed E-state index contributed by atoms with van der Waals surface area (Å²) in [6.07, 6.45) is 3.09. The lowest BCUT2D eigenvalue weighted by atomic mass is 10.0. The van der Waals surface area contributed by atoms with Crippen LogP contribution in [-0.2, 0) is 4.79 Å². The summed E-state index contributed by atoms with van der Waals surface area (Å²) < 4.78 is 5.29. The number of carbonyl (C=O) groups excluding carboxylic acids is 1. The van der Waals surface area contributed by atoms with Crippen molar-refractivity contribution < 1.29 is 9.21 Å². The molecule has 0 bridgehead atoms. The number of rotatable bonds is 4.